The maximum Gasteiger partial charge on any atom is 0.255 e. The van der Waals surface area contributed by atoms with Gasteiger partial charge in [0.1, 0.15) is 0 Å². The second-order valence-corrected chi connectivity index (χ2v) is 6.01. The Morgan fingerprint density at radius 3 is 2.38 bits per heavy atom. The molecule has 6 nitrogen and oxygen atoms in total. The quantitative estimate of drug-likeness (QED) is 0.755. The van der Waals surface area contributed by atoms with E-state index in [2.05, 4.69) is 15.7 Å². The van der Waals surface area contributed by atoms with E-state index >= 15 is 0 Å². The minimum Gasteiger partial charge on any atom is -0.326 e. The summed E-state index contributed by atoms with van der Waals surface area (Å²) in [5.74, 6) is -0.436. The van der Waals surface area contributed by atoms with Crippen LogP contribution >= 0.6 is 0 Å². The number of carbonyl (C=O) groups is 2. The Bertz CT molecular complexity index is 961. The number of hydrogen-bond acceptors (Lipinski definition) is 3. The first-order valence-electron chi connectivity index (χ1n) is 8.26. The molecule has 132 valence electrons. The number of para-hydroxylation sites is 1. The Morgan fingerprint density at radius 1 is 0.962 bits per heavy atom. The van der Waals surface area contributed by atoms with Gasteiger partial charge >= 0.3 is 0 Å². The molecule has 3 aromatic rings. The molecule has 2 amide bonds. The normalized spacial score (nSPS) is 10.4. The van der Waals surface area contributed by atoms with Crippen molar-refractivity contribution in [3.8, 4) is 5.69 Å². The molecule has 0 aliphatic carbocycles. The topological polar surface area (TPSA) is 76.0 Å². The Kier molecular flexibility index (Phi) is 4.84. The van der Waals surface area contributed by atoms with E-state index in [1.807, 2.05) is 44.2 Å². The number of carbonyl (C=O) groups excluding carboxylic acids is 2. The van der Waals surface area contributed by atoms with Crippen LogP contribution in [0.3, 0.4) is 0 Å². The lowest BCUT2D eigenvalue weighted by molar-refractivity contribution is -0.114. The molecule has 0 aliphatic rings. The van der Waals surface area contributed by atoms with Crippen LogP contribution in [0.4, 0.5) is 11.4 Å². The molecule has 1 aromatic heterocycles. The fraction of sp³-hybridized carbons (Fsp3) is 0.150. The maximum absolute atomic E-state index is 12.6. The summed E-state index contributed by atoms with van der Waals surface area (Å²) in [6, 6.07) is 16.6. The molecule has 26 heavy (non-hydrogen) atoms. The van der Waals surface area contributed by atoms with E-state index in [1.54, 1.807) is 28.9 Å². The first kappa shape index (κ1) is 17.4. The van der Waals surface area contributed by atoms with Crippen molar-refractivity contribution in [2.24, 2.45) is 0 Å². The molecule has 0 saturated carbocycles. The van der Waals surface area contributed by atoms with Crippen LogP contribution in [0.25, 0.3) is 5.69 Å². The van der Waals surface area contributed by atoms with Gasteiger partial charge in [0.2, 0.25) is 5.91 Å². The number of nitrogens with one attached hydrogen (secondary N) is 2. The lowest BCUT2D eigenvalue weighted by atomic mass is 10.1. The first-order chi connectivity index (χ1) is 12.5. The van der Waals surface area contributed by atoms with Crippen molar-refractivity contribution >= 4 is 23.2 Å². The number of nitrogens with zero attached hydrogens (tertiary/aromatic N) is 2. The Labute approximate surface area is 151 Å². The predicted octanol–water partition coefficient (Wildman–Crippen LogP) is 3.70. The summed E-state index contributed by atoms with van der Waals surface area (Å²) in [6.45, 7) is 5.20. The zero-order chi connectivity index (χ0) is 18.7. The second kappa shape index (κ2) is 7.23. The molecule has 1 heterocycles. The average molecular weight is 348 g/mol. The summed E-state index contributed by atoms with van der Waals surface area (Å²) in [5, 5.41) is 10.1. The number of anilines is 2. The van der Waals surface area contributed by atoms with E-state index in [1.165, 1.54) is 6.92 Å². The van der Waals surface area contributed by atoms with E-state index in [4.69, 9.17) is 0 Å². The number of hydrogen-bond donors (Lipinski definition) is 2. The molecule has 0 aliphatic heterocycles. The van der Waals surface area contributed by atoms with E-state index < -0.39 is 0 Å². The Hall–Kier alpha value is -3.41. The summed E-state index contributed by atoms with van der Waals surface area (Å²) in [5.41, 5.74) is 4.24. The van der Waals surface area contributed by atoms with Crippen molar-refractivity contribution in [3.63, 3.8) is 0 Å². The molecular formula is C20H20N4O2. The predicted molar refractivity (Wildman–Crippen MR) is 102 cm³/mol. The van der Waals surface area contributed by atoms with Gasteiger partial charge in [-0.05, 0) is 44.2 Å². The van der Waals surface area contributed by atoms with Crippen molar-refractivity contribution in [2.45, 2.75) is 20.8 Å². The smallest absolute Gasteiger partial charge is 0.255 e. The molecule has 0 spiro atoms. The van der Waals surface area contributed by atoms with Crippen LogP contribution in [-0.4, -0.2) is 21.6 Å². The third-order valence-corrected chi connectivity index (χ3v) is 3.98. The zero-order valence-corrected chi connectivity index (χ0v) is 14.9. The van der Waals surface area contributed by atoms with Gasteiger partial charge in [0.05, 0.1) is 22.8 Å². The molecular weight excluding hydrogens is 328 g/mol. The van der Waals surface area contributed by atoms with Gasteiger partial charge in [-0.15, -0.1) is 0 Å². The van der Waals surface area contributed by atoms with E-state index in [0.29, 0.717) is 16.9 Å². The minimum atomic E-state index is -0.254. The van der Waals surface area contributed by atoms with Crippen LogP contribution in [0.5, 0.6) is 0 Å². The second-order valence-electron chi connectivity index (χ2n) is 6.01. The summed E-state index contributed by atoms with van der Waals surface area (Å²) < 4.78 is 1.80. The average Bonchev–Trinajstić information content (AvgIpc) is 2.90. The van der Waals surface area contributed by atoms with Crippen LogP contribution in [0, 0.1) is 13.8 Å². The molecule has 0 fully saturated rings. The fourth-order valence-corrected chi connectivity index (χ4v) is 2.77. The van der Waals surface area contributed by atoms with Crippen molar-refractivity contribution in [1.29, 1.82) is 0 Å². The van der Waals surface area contributed by atoms with Gasteiger partial charge < -0.3 is 10.6 Å². The summed E-state index contributed by atoms with van der Waals surface area (Å²) in [7, 11) is 0. The van der Waals surface area contributed by atoms with Gasteiger partial charge in [-0.25, -0.2) is 4.68 Å². The highest BCUT2D eigenvalue weighted by atomic mass is 16.2. The number of aryl methyl sites for hydroxylation is 1. The molecule has 0 saturated heterocycles. The SMILES string of the molecule is CC(=O)Nc1cccc(C(=O)Nc2c(C)nn(-c3ccccc3)c2C)c1. The van der Waals surface area contributed by atoms with Crippen molar-refractivity contribution in [3.05, 3.63) is 71.5 Å². The lowest BCUT2D eigenvalue weighted by Gasteiger charge is -2.08. The summed E-state index contributed by atoms with van der Waals surface area (Å²) >= 11 is 0. The van der Waals surface area contributed by atoms with Gasteiger partial charge in [0.15, 0.2) is 0 Å². The van der Waals surface area contributed by atoms with E-state index in [-0.39, 0.29) is 11.8 Å². The Morgan fingerprint density at radius 2 is 1.69 bits per heavy atom. The van der Waals surface area contributed by atoms with Gasteiger partial charge in [-0.3, -0.25) is 9.59 Å². The van der Waals surface area contributed by atoms with Gasteiger partial charge in [-0.1, -0.05) is 24.3 Å². The highest BCUT2D eigenvalue weighted by Gasteiger charge is 2.16. The largest absolute Gasteiger partial charge is 0.326 e. The molecule has 0 unspecified atom stereocenters. The number of rotatable bonds is 4. The molecule has 2 aromatic carbocycles. The van der Waals surface area contributed by atoms with Gasteiger partial charge in [0, 0.05) is 18.2 Å². The van der Waals surface area contributed by atoms with E-state index in [0.717, 1.165) is 17.1 Å². The fourth-order valence-electron chi connectivity index (χ4n) is 2.77. The van der Waals surface area contributed by atoms with Gasteiger partial charge in [0.25, 0.3) is 5.91 Å². The van der Waals surface area contributed by atoms with Crippen molar-refractivity contribution in [1.82, 2.24) is 9.78 Å². The number of aromatic nitrogens is 2. The monoisotopic (exact) mass is 348 g/mol. The lowest BCUT2D eigenvalue weighted by Crippen LogP contribution is -2.14. The van der Waals surface area contributed by atoms with Crippen LogP contribution < -0.4 is 10.6 Å². The molecule has 0 atom stereocenters. The van der Waals surface area contributed by atoms with Crippen LogP contribution in [0.2, 0.25) is 0 Å². The summed E-state index contributed by atoms with van der Waals surface area (Å²) in [6.07, 6.45) is 0. The molecule has 6 heteroatoms. The standard InChI is InChI=1S/C20H20N4O2/c1-13-19(14(2)24(23-13)18-10-5-4-6-11-18)22-20(26)16-8-7-9-17(12-16)21-15(3)25/h4-12H,1-3H3,(H,21,25)(H,22,26). The number of benzene rings is 2. The van der Waals surface area contributed by atoms with Crippen LogP contribution in [0.1, 0.15) is 28.7 Å². The third-order valence-electron chi connectivity index (χ3n) is 3.98. The maximum atomic E-state index is 12.6. The van der Waals surface area contributed by atoms with Crippen molar-refractivity contribution in [2.75, 3.05) is 10.6 Å². The summed E-state index contributed by atoms with van der Waals surface area (Å²) in [4.78, 5) is 23.8. The molecule has 3 rings (SSSR count). The molecule has 0 bridgehead atoms. The third kappa shape index (κ3) is 3.64. The number of amides is 2. The van der Waals surface area contributed by atoms with Gasteiger partial charge in [-0.2, -0.15) is 5.10 Å². The highest BCUT2D eigenvalue weighted by molar-refractivity contribution is 6.05. The van der Waals surface area contributed by atoms with Crippen molar-refractivity contribution < 1.29 is 9.59 Å². The Balaban J connectivity index is 1.86. The minimum absolute atomic E-state index is 0.182. The highest BCUT2D eigenvalue weighted by Crippen LogP contribution is 2.23. The zero-order valence-electron chi connectivity index (χ0n) is 14.9. The first-order valence-corrected chi connectivity index (χ1v) is 8.26. The van der Waals surface area contributed by atoms with Crippen LogP contribution in [0.15, 0.2) is 54.6 Å². The van der Waals surface area contributed by atoms with Crippen LogP contribution in [-0.2, 0) is 4.79 Å². The molecule has 2 N–H and O–H groups in total. The molecule has 0 radical (unpaired) electrons. The van der Waals surface area contributed by atoms with E-state index in [9.17, 15) is 9.59 Å².